The first-order chi connectivity index (χ1) is 8.60. The summed E-state index contributed by atoms with van der Waals surface area (Å²) in [5, 5.41) is 12.0. The molecule has 4 heteroatoms. The van der Waals surface area contributed by atoms with Crippen molar-refractivity contribution in [3.05, 3.63) is 41.2 Å². The number of aryl methyl sites for hydroxylation is 2. The topological polar surface area (TPSA) is 62.2 Å². The minimum atomic E-state index is -0.103. The monoisotopic (exact) mass is 246 g/mol. The van der Waals surface area contributed by atoms with Crippen LogP contribution in [-0.2, 0) is 0 Å². The molecule has 4 nitrogen and oxygen atoms in total. The van der Waals surface area contributed by atoms with Crippen LogP contribution >= 0.6 is 0 Å². The fourth-order valence-corrected chi connectivity index (χ4v) is 2.19. The standard InChI is InChI=1S/C14H18N2O2/c1-9-3-6-13(10(2)15-9)14(18)16-12-5-4-11(7-12)8-17/h3-6,11-12,17H,7-8H2,1-2H3,(H,16,18)/t11-,12+/m0/s1. The largest absolute Gasteiger partial charge is 0.396 e. The molecule has 0 bridgehead atoms. The molecule has 1 heterocycles. The molecule has 0 spiro atoms. The smallest absolute Gasteiger partial charge is 0.253 e. The van der Waals surface area contributed by atoms with Gasteiger partial charge >= 0.3 is 0 Å². The Morgan fingerprint density at radius 1 is 1.44 bits per heavy atom. The maximum absolute atomic E-state index is 12.1. The van der Waals surface area contributed by atoms with Crippen molar-refractivity contribution in [1.29, 1.82) is 0 Å². The highest BCUT2D eigenvalue weighted by Crippen LogP contribution is 2.17. The van der Waals surface area contributed by atoms with Gasteiger partial charge in [-0.3, -0.25) is 9.78 Å². The van der Waals surface area contributed by atoms with Crippen molar-refractivity contribution in [1.82, 2.24) is 10.3 Å². The van der Waals surface area contributed by atoms with E-state index in [1.807, 2.05) is 32.1 Å². The van der Waals surface area contributed by atoms with Crippen molar-refractivity contribution >= 4 is 5.91 Å². The van der Waals surface area contributed by atoms with Crippen LogP contribution in [0.3, 0.4) is 0 Å². The molecule has 1 aromatic heterocycles. The van der Waals surface area contributed by atoms with Crippen LogP contribution in [0.4, 0.5) is 0 Å². The molecule has 2 atom stereocenters. The average Bonchev–Trinajstić information content (AvgIpc) is 2.76. The quantitative estimate of drug-likeness (QED) is 0.792. The Bertz CT molecular complexity index is 483. The Morgan fingerprint density at radius 3 is 2.83 bits per heavy atom. The summed E-state index contributed by atoms with van der Waals surface area (Å²) in [6.07, 6.45) is 4.65. The highest BCUT2D eigenvalue weighted by molar-refractivity contribution is 5.95. The number of hydrogen-bond donors (Lipinski definition) is 2. The number of aliphatic hydroxyl groups is 1. The maximum Gasteiger partial charge on any atom is 0.253 e. The molecule has 2 rings (SSSR count). The Labute approximate surface area is 107 Å². The first kappa shape index (κ1) is 12.8. The van der Waals surface area contributed by atoms with Crippen LogP contribution in [0.5, 0.6) is 0 Å². The third-order valence-electron chi connectivity index (χ3n) is 3.19. The van der Waals surface area contributed by atoms with Crippen LogP contribution in [0.15, 0.2) is 24.3 Å². The van der Waals surface area contributed by atoms with Gasteiger partial charge < -0.3 is 10.4 Å². The summed E-state index contributed by atoms with van der Waals surface area (Å²) in [6.45, 7) is 3.87. The number of hydrogen-bond acceptors (Lipinski definition) is 3. The number of amides is 1. The van der Waals surface area contributed by atoms with E-state index in [1.54, 1.807) is 6.07 Å². The molecule has 0 fully saturated rings. The fourth-order valence-electron chi connectivity index (χ4n) is 2.19. The molecule has 96 valence electrons. The molecule has 1 aliphatic rings. The lowest BCUT2D eigenvalue weighted by Crippen LogP contribution is -2.33. The number of nitrogens with one attached hydrogen (secondary N) is 1. The van der Waals surface area contributed by atoms with E-state index in [2.05, 4.69) is 10.3 Å². The minimum Gasteiger partial charge on any atom is -0.396 e. The lowest BCUT2D eigenvalue weighted by atomic mass is 10.1. The number of aliphatic hydroxyl groups excluding tert-OH is 1. The number of pyridine rings is 1. The zero-order valence-corrected chi connectivity index (χ0v) is 10.7. The second-order valence-electron chi connectivity index (χ2n) is 4.73. The number of rotatable bonds is 3. The molecule has 1 aliphatic carbocycles. The Hall–Kier alpha value is -1.68. The van der Waals surface area contributed by atoms with E-state index >= 15 is 0 Å². The SMILES string of the molecule is Cc1ccc(C(=O)N[C@@H]2C=C[C@H](CO)C2)c(C)n1. The zero-order valence-electron chi connectivity index (χ0n) is 10.7. The predicted octanol–water partition coefficient (Wildman–Crippen LogP) is 1.37. The van der Waals surface area contributed by atoms with Crippen LogP contribution < -0.4 is 5.32 Å². The highest BCUT2D eigenvalue weighted by atomic mass is 16.3. The van der Waals surface area contributed by atoms with E-state index in [1.165, 1.54) is 0 Å². The van der Waals surface area contributed by atoms with Gasteiger partial charge in [0, 0.05) is 24.3 Å². The van der Waals surface area contributed by atoms with Crippen LogP contribution in [0.1, 0.15) is 28.2 Å². The van der Waals surface area contributed by atoms with Crippen molar-refractivity contribution < 1.29 is 9.90 Å². The van der Waals surface area contributed by atoms with Gasteiger partial charge in [0.25, 0.3) is 5.91 Å². The summed E-state index contributed by atoms with van der Waals surface area (Å²) in [5.41, 5.74) is 2.26. The van der Waals surface area contributed by atoms with Crippen LogP contribution in [-0.4, -0.2) is 28.6 Å². The molecular formula is C14H18N2O2. The Balaban J connectivity index is 2.02. The average molecular weight is 246 g/mol. The van der Waals surface area contributed by atoms with Crippen molar-refractivity contribution in [3.63, 3.8) is 0 Å². The molecule has 18 heavy (non-hydrogen) atoms. The van der Waals surface area contributed by atoms with E-state index in [0.29, 0.717) is 5.56 Å². The second-order valence-corrected chi connectivity index (χ2v) is 4.73. The van der Waals surface area contributed by atoms with Crippen LogP contribution in [0.25, 0.3) is 0 Å². The molecule has 1 amide bonds. The lowest BCUT2D eigenvalue weighted by molar-refractivity contribution is 0.0940. The zero-order chi connectivity index (χ0) is 13.1. The summed E-state index contributed by atoms with van der Waals surface area (Å²) in [4.78, 5) is 16.4. The van der Waals surface area contributed by atoms with E-state index in [-0.39, 0.29) is 24.5 Å². The molecular weight excluding hydrogens is 228 g/mol. The minimum absolute atomic E-state index is 0.00959. The molecule has 0 aliphatic heterocycles. The number of nitrogens with zero attached hydrogens (tertiary/aromatic N) is 1. The Kier molecular flexibility index (Phi) is 3.77. The normalized spacial score (nSPS) is 22.2. The summed E-state index contributed by atoms with van der Waals surface area (Å²) in [5.74, 6) is 0.0563. The van der Waals surface area contributed by atoms with Gasteiger partial charge in [0.15, 0.2) is 0 Å². The molecule has 0 saturated heterocycles. The fraction of sp³-hybridized carbons (Fsp3) is 0.429. The number of carbonyl (C=O) groups excluding carboxylic acids is 1. The first-order valence-electron chi connectivity index (χ1n) is 6.14. The number of carbonyl (C=O) groups is 1. The Morgan fingerprint density at radius 2 is 2.22 bits per heavy atom. The molecule has 0 saturated carbocycles. The van der Waals surface area contributed by atoms with E-state index < -0.39 is 0 Å². The maximum atomic E-state index is 12.1. The van der Waals surface area contributed by atoms with Crippen LogP contribution in [0.2, 0.25) is 0 Å². The summed E-state index contributed by atoms with van der Waals surface area (Å²) in [7, 11) is 0. The third kappa shape index (κ3) is 2.76. The van der Waals surface area contributed by atoms with Crippen molar-refractivity contribution in [2.45, 2.75) is 26.3 Å². The predicted molar refractivity (Wildman–Crippen MR) is 69.3 cm³/mol. The van der Waals surface area contributed by atoms with Gasteiger partial charge in [-0.15, -0.1) is 0 Å². The van der Waals surface area contributed by atoms with Gasteiger partial charge in [0.05, 0.1) is 11.3 Å². The van der Waals surface area contributed by atoms with Crippen molar-refractivity contribution in [2.75, 3.05) is 6.61 Å². The van der Waals surface area contributed by atoms with Gasteiger partial charge in [0.1, 0.15) is 0 Å². The summed E-state index contributed by atoms with van der Waals surface area (Å²) in [6, 6.07) is 3.65. The van der Waals surface area contributed by atoms with Crippen molar-refractivity contribution in [2.24, 2.45) is 5.92 Å². The van der Waals surface area contributed by atoms with Gasteiger partial charge in [-0.2, -0.15) is 0 Å². The molecule has 0 unspecified atom stereocenters. The second kappa shape index (κ2) is 5.31. The van der Waals surface area contributed by atoms with Gasteiger partial charge in [0.2, 0.25) is 0 Å². The third-order valence-corrected chi connectivity index (χ3v) is 3.19. The van der Waals surface area contributed by atoms with Gasteiger partial charge in [-0.05, 0) is 32.4 Å². The van der Waals surface area contributed by atoms with Crippen LogP contribution in [0, 0.1) is 19.8 Å². The van der Waals surface area contributed by atoms with Gasteiger partial charge in [-0.1, -0.05) is 12.2 Å². The summed E-state index contributed by atoms with van der Waals surface area (Å²) >= 11 is 0. The lowest BCUT2D eigenvalue weighted by Gasteiger charge is -2.13. The molecule has 0 aromatic carbocycles. The summed E-state index contributed by atoms with van der Waals surface area (Å²) < 4.78 is 0. The van der Waals surface area contributed by atoms with Gasteiger partial charge in [-0.25, -0.2) is 0 Å². The van der Waals surface area contributed by atoms with Crippen molar-refractivity contribution in [3.8, 4) is 0 Å². The first-order valence-corrected chi connectivity index (χ1v) is 6.14. The van der Waals surface area contributed by atoms with E-state index in [4.69, 9.17) is 5.11 Å². The van der Waals surface area contributed by atoms with E-state index in [9.17, 15) is 4.79 Å². The molecule has 0 radical (unpaired) electrons. The van der Waals surface area contributed by atoms with E-state index in [0.717, 1.165) is 17.8 Å². The number of aromatic nitrogens is 1. The molecule has 1 aromatic rings. The highest BCUT2D eigenvalue weighted by Gasteiger charge is 2.21. The molecule has 2 N–H and O–H groups in total.